The van der Waals surface area contributed by atoms with Crippen LogP contribution < -0.4 is 9.47 Å². The number of hydrogen-bond donors (Lipinski definition) is 1. The summed E-state index contributed by atoms with van der Waals surface area (Å²) in [6, 6.07) is 4.04. The normalized spacial score (nSPS) is 28.6. The van der Waals surface area contributed by atoms with Gasteiger partial charge in [0.25, 0.3) is 0 Å². The molecule has 36 heavy (non-hydrogen) atoms. The maximum absolute atomic E-state index is 13.7. The Bertz CT molecular complexity index is 1090. The lowest BCUT2D eigenvalue weighted by Gasteiger charge is -2.40. The molecule has 5 rings (SSSR count). The zero-order chi connectivity index (χ0) is 25.7. The van der Waals surface area contributed by atoms with Gasteiger partial charge in [-0.05, 0) is 61.1 Å². The zero-order valence-corrected chi connectivity index (χ0v) is 21.4. The average Bonchev–Trinajstić information content (AvgIpc) is 3.56. The van der Waals surface area contributed by atoms with Gasteiger partial charge in [0.05, 0.1) is 32.1 Å². The van der Waals surface area contributed by atoms with Crippen LogP contribution in [0.5, 0.6) is 11.5 Å². The van der Waals surface area contributed by atoms with Gasteiger partial charge in [-0.25, -0.2) is 4.79 Å². The first kappa shape index (κ1) is 24.9. The second-order valence-corrected chi connectivity index (χ2v) is 10.3. The van der Waals surface area contributed by atoms with E-state index in [1.54, 1.807) is 14.0 Å². The minimum Gasteiger partial charge on any atom is -0.497 e. The molecule has 0 radical (unpaired) electrons. The highest BCUT2D eigenvalue weighted by Gasteiger charge is 2.59. The van der Waals surface area contributed by atoms with Gasteiger partial charge in [-0.1, -0.05) is 20.3 Å². The van der Waals surface area contributed by atoms with Gasteiger partial charge < -0.3 is 28.8 Å². The molecule has 1 aromatic rings. The van der Waals surface area contributed by atoms with E-state index < -0.39 is 36.0 Å². The Morgan fingerprint density at radius 2 is 2.00 bits per heavy atom. The molecular formula is C27H35NO8. The smallest absolute Gasteiger partial charge is 0.339 e. The first-order valence-electron chi connectivity index (χ1n) is 12.7. The van der Waals surface area contributed by atoms with E-state index in [-0.39, 0.29) is 18.2 Å². The van der Waals surface area contributed by atoms with Crippen LogP contribution in [-0.2, 0) is 30.2 Å². The fourth-order valence-electron chi connectivity index (χ4n) is 6.39. The number of fused-ring (bicyclic) bond motifs is 3. The van der Waals surface area contributed by atoms with Crippen molar-refractivity contribution in [3.8, 4) is 11.5 Å². The highest BCUT2D eigenvalue weighted by molar-refractivity contribution is 5.86. The van der Waals surface area contributed by atoms with E-state index in [0.717, 1.165) is 49.2 Å². The minimum atomic E-state index is -2.02. The molecule has 1 saturated heterocycles. The van der Waals surface area contributed by atoms with E-state index in [9.17, 15) is 14.7 Å². The number of carbonyl (C=O) groups is 2. The molecule has 196 valence electrons. The van der Waals surface area contributed by atoms with Crippen molar-refractivity contribution in [1.82, 2.24) is 4.90 Å². The van der Waals surface area contributed by atoms with Crippen LogP contribution in [0.2, 0.25) is 0 Å². The predicted molar refractivity (Wildman–Crippen MR) is 129 cm³/mol. The fourth-order valence-corrected chi connectivity index (χ4v) is 6.39. The third-order valence-electron chi connectivity index (χ3n) is 8.62. The summed E-state index contributed by atoms with van der Waals surface area (Å²) < 4.78 is 28.1. The maximum atomic E-state index is 13.7. The first-order chi connectivity index (χ1) is 17.3. The molecular weight excluding hydrogens is 466 g/mol. The minimum absolute atomic E-state index is 0.176. The number of nitrogens with zero attached hydrogens (tertiary/aromatic N) is 1. The molecule has 9 heteroatoms. The number of rotatable bonds is 7. The molecule has 1 fully saturated rings. The van der Waals surface area contributed by atoms with Crippen molar-refractivity contribution in [2.45, 2.75) is 69.1 Å². The fraction of sp³-hybridized carbons (Fsp3) is 0.630. The molecule has 0 bridgehead atoms. The number of esters is 2. The number of aliphatic hydroxyl groups is 1. The van der Waals surface area contributed by atoms with Crippen molar-refractivity contribution in [2.24, 2.45) is 5.92 Å². The Hall–Kier alpha value is -2.78. The third kappa shape index (κ3) is 3.75. The second kappa shape index (κ2) is 9.27. The molecule has 1 aliphatic carbocycles. The number of ether oxygens (including phenoxy) is 5. The van der Waals surface area contributed by atoms with Crippen LogP contribution in [0.3, 0.4) is 0 Å². The van der Waals surface area contributed by atoms with E-state index in [1.807, 2.05) is 19.1 Å². The highest BCUT2D eigenvalue weighted by atomic mass is 16.7. The molecule has 1 aromatic carbocycles. The monoisotopic (exact) mass is 501 g/mol. The molecule has 0 amide bonds. The maximum Gasteiger partial charge on any atom is 0.339 e. The average molecular weight is 502 g/mol. The lowest BCUT2D eigenvalue weighted by atomic mass is 9.77. The van der Waals surface area contributed by atoms with Gasteiger partial charge in [-0.3, -0.25) is 9.69 Å². The largest absolute Gasteiger partial charge is 0.497 e. The Kier molecular flexibility index (Phi) is 6.41. The predicted octanol–water partition coefficient (Wildman–Crippen LogP) is 2.69. The molecule has 1 N–H and O–H groups in total. The standard InChI is InChI=1S/C27H35NO8/c1-5-16(2)27(31,14-22(29)33-4)25(30)36-24-21(32-3)13-26-8-6-9-28(26)10-7-17-11-19-20(35-15-34-19)12-18(17)23(24)26/h11-13,16,23-24,31H,5-10,14-15H2,1-4H3/t16-,23-,24-,26-,27+/m1/s1. The second-order valence-electron chi connectivity index (χ2n) is 10.3. The van der Waals surface area contributed by atoms with Crippen molar-refractivity contribution in [3.63, 3.8) is 0 Å². The molecule has 0 aromatic heterocycles. The summed E-state index contributed by atoms with van der Waals surface area (Å²) >= 11 is 0. The van der Waals surface area contributed by atoms with Crippen LogP contribution in [0.1, 0.15) is 56.6 Å². The number of hydrogen-bond acceptors (Lipinski definition) is 9. The quantitative estimate of drug-likeness (QED) is 0.565. The summed E-state index contributed by atoms with van der Waals surface area (Å²) in [5.41, 5.74) is -0.248. The summed E-state index contributed by atoms with van der Waals surface area (Å²) in [4.78, 5) is 28.3. The van der Waals surface area contributed by atoms with Crippen LogP contribution in [0.4, 0.5) is 0 Å². The number of carbonyl (C=O) groups excluding carboxylic acids is 2. The van der Waals surface area contributed by atoms with E-state index in [1.165, 1.54) is 7.11 Å². The van der Waals surface area contributed by atoms with Gasteiger partial charge >= 0.3 is 11.9 Å². The topological polar surface area (TPSA) is 104 Å². The summed E-state index contributed by atoms with van der Waals surface area (Å²) in [5.74, 6) is -0.347. The van der Waals surface area contributed by atoms with Gasteiger partial charge in [0.1, 0.15) is 5.76 Å². The molecule has 9 nitrogen and oxygen atoms in total. The van der Waals surface area contributed by atoms with Crippen LogP contribution >= 0.6 is 0 Å². The van der Waals surface area contributed by atoms with Crippen LogP contribution in [0.15, 0.2) is 24.0 Å². The van der Waals surface area contributed by atoms with Crippen molar-refractivity contribution >= 4 is 11.9 Å². The SMILES string of the molecule is CC[C@@H](C)[C@@](O)(CC(=O)OC)C(=O)O[C@@H]1C(OC)=C[C@@]23CCCN2CCc2cc4c(cc2[C@H]13)OCO4. The van der Waals surface area contributed by atoms with Crippen molar-refractivity contribution in [3.05, 3.63) is 35.1 Å². The molecule has 1 spiro atoms. The molecule has 3 heterocycles. The van der Waals surface area contributed by atoms with Gasteiger partial charge in [0, 0.05) is 6.54 Å². The Labute approximate surface area is 211 Å². The van der Waals surface area contributed by atoms with Crippen LogP contribution in [-0.4, -0.2) is 73.3 Å². The van der Waals surface area contributed by atoms with E-state index in [2.05, 4.69) is 11.0 Å². The van der Waals surface area contributed by atoms with Gasteiger partial charge in [-0.15, -0.1) is 0 Å². The number of benzene rings is 1. The summed E-state index contributed by atoms with van der Waals surface area (Å²) in [6.45, 7) is 5.55. The van der Waals surface area contributed by atoms with Crippen LogP contribution in [0.25, 0.3) is 0 Å². The lowest BCUT2D eigenvalue weighted by molar-refractivity contribution is -0.183. The van der Waals surface area contributed by atoms with E-state index in [4.69, 9.17) is 23.7 Å². The molecule has 0 unspecified atom stereocenters. The van der Waals surface area contributed by atoms with Crippen molar-refractivity contribution in [1.29, 1.82) is 0 Å². The summed E-state index contributed by atoms with van der Waals surface area (Å²) in [7, 11) is 2.81. The Morgan fingerprint density at radius 3 is 2.69 bits per heavy atom. The Morgan fingerprint density at radius 1 is 1.25 bits per heavy atom. The zero-order valence-electron chi connectivity index (χ0n) is 21.4. The number of methoxy groups -OCH3 is 2. The van der Waals surface area contributed by atoms with Gasteiger partial charge in [0.2, 0.25) is 6.79 Å². The van der Waals surface area contributed by atoms with E-state index >= 15 is 0 Å². The summed E-state index contributed by atoms with van der Waals surface area (Å²) in [5, 5.41) is 11.4. The van der Waals surface area contributed by atoms with Gasteiger partial charge in [-0.2, -0.15) is 0 Å². The van der Waals surface area contributed by atoms with Crippen molar-refractivity contribution in [2.75, 3.05) is 34.1 Å². The third-order valence-corrected chi connectivity index (χ3v) is 8.62. The summed E-state index contributed by atoms with van der Waals surface area (Å²) in [6.07, 6.45) is 4.08. The molecule has 5 atom stereocenters. The van der Waals surface area contributed by atoms with E-state index in [0.29, 0.717) is 17.9 Å². The lowest BCUT2D eigenvalue weighted by Crippen LogP contribution is -2.51. The molecule has 0 saturated carbocycles. The van der Waals surface area contributed by atoms with Gasteiger partial charge in [0.15, 0.2) is 23.2 Å². The van der Waals surface area contributed by atoms with Crippen LogP contribution in [0, 0.1) is 5.92 Å². The van der Waals surface area contributed by atoms with Crippen molar-refractivity contribution < 1.29 is 38.4 Å². The molecule has 4 aliphatic rings. The Balaban J connectivity index is 1.57. The molecule has 3 aliphatic heterocycles. The first-order valence-corrected chi connectivity index (χ1v) is 12.7. The highest BCUT2D eigenvalue weighted by Crippen LogP contribution is 2.55.